The van der Waals surface area contributed by atoms with E-state index in [2.05, 4.69) is 0 Å². The number of likely N-dealkylation sites (tertiary alicyclic amines) is 1. The summed E-state index contributed by atoms with van der Waals surface area (Å²) < 4.78 is 24.3. The molecule has 1 saturated heterocycles. The van der Waals surface area contributed by atoms with E-state index in [0.717, 1.165) is 18.4 Å². The van der Waals surface area contributed by atoms with Gasteiger partial charge in [-0.05, 0) is 42.7 Å². The molecular weight excluding hydrogens is 377 g/mol. The van der Waals surface area contributed by atoms with Crippen LogP contribution in [0.2, 0.25) is 0 Å². The zero-order chi connectivity index (χ0) is 20.5. The van der Waals surface area contributed by atoms with Gasteiger partial charge >= 0.3 is 0 Å². The molecule has 0 aliphatic carbocycles. The van der Waals surface area contributed by atoms with Gasteiger partial charge in [-0.3, -0.25) is 9.59 Å². The zero-order valence-electron chi connectivity index (χ0n) is 15.9. The van der Waals surface area contributed by atoms with Gasteiger partial charge in [-0.2, -0.15) is 0 Å². The van der Waals surface area contributed by atoms with Crippen LogP contribution in [-0.4, -0.2) is 36.1 Å². The largest absolute Gasteiger partial charge is 0.505 e. The van der Waals surface area contributed by atoms with Crippen LogP contribution in [0, 0.1) is 5.82 Å². The molecule has 29 heavy (non-hydrogen) atoms. The number of fused-ring (bicyclic) bond motifs is 1. The number of halogens is 1. The molecule has 2 heterocycles. The van der Waals surface area contributed by atoms with Gasteiger partial charge < -0.3 is 19.2 Å². The van der Waals surface area contributed by atoms with Gasteiger partial charge in [0, 0.05) is 25.1 Å². The molecule has 0 spiro atoms. The van der Waals surface area contributed by atoms with Gasteiger partial charge in [0.25, 0.3) is 5.91 Å². The highest BCUT2D eigenvalue weighted by atomic mass is 19.1. The molecule has 3 aromatic rings. The summed E-state index contributed by atoms with van der Waals surface area (Å²) in [6, 6.07) is 10.4. The van der Waals surface area contributed by atoms with Crippen LogP contribution in [0.1, 0.15) is 34.9 Å². The number of benzene rings is 2. The lowest BCUT2D eigenvalue weighted by atomic mass is 9.90. The molecule has 150 valence electrons. The minimum atomic E-state index is -0.675. The summed E-state index contributed by atoms with van der Waals surface area (Å²) in [7, 11) is 1.47. The SMILES string of the molecule is COc1cccc2oc(C(=O)N3CCCC(c4ccc(F)c(O)c4)C3)cc(=O)c12. The van der Waals surface area contributed by atoms with E-state index in [-0.39, 0.29) is 28.6 Å². The number of amides is 1. The number of aromatic hydroxyl groups is 1. The molecule has 4 rings (SSSR count). The van der Waals surface area contributed by atoms with Crippen molar-refractivity contribution in [2.75, 3.05) is 20.2 Å². The third-order valence-corrected chi connectivity index (χ3v) is 5.30. The summed E-state index contributed by atoms with van der Waals surface area (Å²) in [5.41, 5.74) is 0.715. The summed E-state index contributed by atoms with van der Waals surface area (Å²) in [5, 5.41) is 9.94. The summed E-state index contributed by atoms with van der Waals surface area (Å²) in [5.74, 6) is -1.12. The quantitative estimate of drug-likeness (QED) is 0.730. The Labute approximate surface area is 166 Å². The first-order valence-electron chi connectivity index (χ1n) is 9.36. The zero-order valence-corrected chi connectivity index (χ0v) is 15.9. The molecule has 1 aliphatic rings. The van der Waals surface area contributed by atoms with Crippen LogP contribution in [0.15, 0.2) is 51.7 Å². The van der Waals surface area contributed by atoms with Crippen LogP contribution in [-0.2, 0) is 0 Å². The Morgan fingerprint density at radius 2 is 2.10 bits per heavy atom. The Bertz CT molecular complexity index is 1140. The number of carbonyl (C=O) groups excluding carboxylic acids is 1. The third-order valence-electron chi connectivity index (χ3n) is 5.30. The van der Waals surface area contributed by atoms with Crippen molar-refractivity contribution in [1.82, 2.24) is 4.90 Å². The predicted molar refractivity (Wildman–Crippen MR) is 105 cm³/mol. The van der Waals surface area contributed by atoms with Crippen molar-refractivity contribution in [3.63, 3.8) is 0 Å². The van der Waals surface area contributed by atoms with Gasteiger partial charge in [0.1, 0.15) is 16.7 Å². The molecule has 1 fully saturated rings. The van der Waals surface area contributed by atoms with Gasteiger partial charge in [0.15, 0.2) is 22.8 Å². The molecule has 2 aromatic carbocycles. The van der Waals surface area contributed by atoms with E-state index in [9.17, 15) is 19.1 Å². The Balaban J connectivity index is 1.62. The van der Waals surface area contributed by atoms with E-state index >= 15 is 0 Å². The minimum Gasteiger partial charge on any atom is -0.505 e. The molecule has 1 unspecified atom stereocenters. The van der Waals surface area contributed by atoms with Crippen LogP contribution in [0.25, 0.3) is 11.0 Å². The fourth-order valence-corrected chi connectivity index (χ4v) is 3.83. The second kappa shape index (κ2) is 7.58. The van der Waals surface area contributed by atoms with Crippen molar-refractivity contribution in [3.8, 4) is 11.5 Å². The topological polar surface area (TPSA) is 80.0 Å². The maximum Gasteiger partial charge on any atom is 0.289 e. The van der Waals surface area contributed by atoms with E-state index in [0.29, 0.717) is 24.2 Å². The van der Waals surface area contributed by atoms with Crippen molar-refractivity contribution in [2.45, 2.75) is 18.8 Å². The molecule has 1 N–H and O–H groups in total. The Morgan fingerprint density at radius 1 is 1.28 bits per heavy atom. The number of piperidine rings is 1. The number of nitrogens with zero attached hydrogens (tertiary/aromatic N) is 1. The van der Waals surface area contributed by atoms with E-state index in [4.69, 9.17) is 9.15 Å². The van der Waals surface area contributed by atoms with Crippen LogP contribution in [0.4, 0.5) is 4.39 Å². The number of ether oxygens (including phenoxy) is 1. The van der Waals surface area contributed by atoms with Crippen molar-refractivity contribution in [1.29, 1.82) is 0 Å². The number of methoxy groups -OCH3 is 1. The number of phenolic OH excluding ortho intramolecular Hbond substituents is 1. The Kier molecular flexibility index (Phi) is 4.96. The second-order valence-corrected chi connectivity index (χ2v) is 7.11. The summed E-state index contributed by atoms with van der Waals surface area (Å²) in [6.07, 6.45) is 1.56. The standard InChI is InChI=1S/C22H20FNO5/c1-28-18-5-2-6-19-21(18)17(26)11-20(29-19)22(27)24-9-3-4-14(12-24)13-7-8-15(23)16(25)10-13/h2,5-8,10-11,14,25H,3-4,9,12H2,1H3. The number of carbonyl (C=O) groups is 1. The van der Waals surface area contributed by atoms with Crippen LogP contribution in [0.5, 0.6) is 11.5 Å². The number of hydrogen-bond donors (Lipinski definition) is 1. The van der Waals surface area contributed by atoms with Gasteiger partial charge in [0.05, 0.1) is 7.11 Å². The molecule has 6 nitrogen and oxygen atoms in total. The van der Waals surface area contributed by atoms with Gasteiger partial charge in [0.2, 0.25) is 0 Å². The lowest BCUT2D eigenvalue weighted by molar-refractivity contribution is 0.0675. The molecule has 1 aliphatic heterocycles. The average molecular weight is 397 g/mol. The molecule has 1 amide bonds. The van der Waals surface area contributed by atoms with Crippen LogP contribution < -0.4 is 10.2 Å². The van der Waals surface area contributed by atoms with Gasteiger partial charge in [-0.25, -0.2) is 4.39 Å². The van der Waals surface area contributed by atoms with E-state index in [1.165, 1.54) is 25.3 Å². The number of rotatable bonds is 3. The molecule has 0 saturated carbocycles. The second-order valence-electron chi connectivity index (χ2n) is 7.11. The average Bonchev–Trinajstić information content (AvgIpc) is 2.74. The first-order valence-corrected chi connectivity index (χ1v) is 9.36. The monoisotopic (exact) mass is 397 g/mol. The molecule has 1 aromatic heterocycles. The lowest BCUT2D eigenvalue weighted by Crippen LogP contribution is -2.39. The van der Waals surface area contributed by atoms with Crippen molar-refractivity contribution < 1.29 is 23.4 Å². The van der Waals surface area contributed by atoms with E-state index in [1.54, 1.807) is 29.2 Å². The van der Waals surface area contributed by atoms with E-state index in [1.807, 2.05) is 0 Å². The van der Waals surface area contributed by atoms with Gasteiger partial charge in [-0.1, -0.05) is 12.1 Å². The van der Waals surface area contributed by atoms with E-state index < -0.39 is 11.6 Å². The highest BCUT2D eigenvalue weighted by Gasteiger charge is 2.28. The van der Waals surface area contributed by atoms with Crippen molar-refractivity contribution in [2.24, 2.45) is 0 Å². The number of hydrogen-bond acceptors (Lipinski definition) is 5. The molecular formula is C22H20FNO5. The summed E-state index contributed by atoms with van der Waals surface area (Å²) >= 11 is 0. The smallest absolute Gasteiger partial charge is 0.289 e. The predicted octanol–water partition coefficient (Wildman–Crippen LogP) is 3.67. The summed E-state index contributed by atoms with van der Waals surface area (Å²) in [6.45, 7) is 0.923. The third kappa shape index (κ3) is 3.55. The van der Waals surface area contributed by atoms with Crippen LogP contribution >= 0.6 is 0 Å². The highest BCUT2D eigenvalue weighted by molar-refractivity contribution is 5.94. The minimum absolute atomic E-state index is 0.0293. The van der Waals surface area contributed by atoms with Gasteiger partial charge in [-0.15, -0.1) is 0 Å². The Morgan fingerprint density at radius 3 is 2.86 bits per heavy atom. The lowest BCUT2D eigenvalue weighted by Gasteiger charge is -2.32. The van der Waals surface area contributed by atoms with Crippen molar-refractivity contribution >= 4 is 16.9 Å². The normalized spacial score (nSPS) is 16.8. The Hall–Kier alpha value is -3.35. The first-order chi connectivity index (χ1) is 14.0. The fourth-order valence-electron chi connectivity index (χ4n) is 3.83. The maximum atomic E-state index is 13.3. The van der Waals surface area contributed by atoms with Crippen molar-refractivity contribution in [3.05, 3.63) is 69.8 Å². The molecule has 0 bridgehead atoms. The summed E-state index contributed by atoms with van der Waals surface area (Å²) in [4.78, 5) is 27.2. The first kappa shape index (κ1) is 19.0. The maximum absolute atomic E-state index is 13.3. The molecule has 7 heteroatoms. The molecule has 1 atom stereocenters. The fraction of sp³-hybridized carbons (Fsp3) is 0.273. The highest BCUT2D eigenvalue weighted by Crippen LogP contribution is 2.31. The number of phenols is 1. The molecule has 0 radical (unpaired) electrons. The van der Waals surface area contributed by atoms with Crippen LogP contribution in [0.3, 0.4) is 0 Å².